The van der Waals surface area contributed by atoms with Crippen LogP contribution in [0.25, 0.3) is 6.08 Å². The molecule has 1 aromatic rings. The van der Waals surface area contributed by atoms with Crippen molar-refractivity contribution in [1.29, 1.82) is 5.26 Å². The number of nitriles is 1. The Kier molecular flexibility index (Phi) is 4.43. The van der Waals surface area contributed by atoms with Gasteiger partial charge in [-0.25, -0.2) is 0 Å². The van der Waals surface area contributed by atoms with Crippen LogP contribution in [0.2, 0.25) is 0 Å². The summed E-state index contributed by atoms with van der Waals surface area (Å²) in [6.07, 6.45) is 7.76. The lowest BCUT2D eigenvalue weighted by Crippen LogP contribution is -1.89. The van der Waals surface area contributed by atoms with Crippen LogP contribution >= 0.6 is 0 Å². The fraction of sp³-hybridized carbons (Fsp3) is 0.308. The quantitative estimate of drug-likeness (QED) is 0.698. The first-order chi connectivity index (χ1) is 7.31. The maximum absolute atomic E-state index is 8.49. The van der Waals surface area contributed by atoms with Crippen LogP contribution in [0.1, 0.15) is 31.4 Å². The molecule has 0 saturated heterocycles. The van der Waals surface area contributed by atoms with Crippen molar-refractivity contribution in [3.05, 3.63) is 35.4 Å². The molecule has 0 bridgehead atoms. The Hall–Kier alpha value is -1.75. The SMILES string of the molecule is CC=Cc1cc(CCC)ccc1OC#N. The molecule has 0 aromatic heterocycles. The van der Waals surface area contributed by atoms with Gasteiger partial charge in [0, 0.05) is 5.56 Å². The third-order valence-corrected chi connectivity index (χ3v) is 2.11. The van der Waals surface area contributed by atoms with Crippen LogP contribution < -0.4 is 4.74 Å². The zero-order chi connectivity index (χ0) is 11.1. The van der Waals surface area contributed by atoms with E-state index in [1.54, 1.807) is 6.26 Å². The van der Waals surface area contributed by atoms with Gasteiger partial charge in [-0.3, -0.25) is 0 Å². The van der Waals surface area contributed by atoms with E-state index in [1.807, 2.05) is 31.2 Å². The van der Waals surface area contributed by atoms with Crippen LogP contribution in [0.15, 0.2) is 24.3 Å². The molecule has 0 fully saturated rings. The summed E-state index contributed by atoms with van der Waals surface area (Å²) in [6.45, 7) is 4.09. The molecule has 0 saturated carbocycles. The zero-order valence-electron chi connectivity index (χ0n) is 9.16. The van der Waals surface area contributed by atoms with Crippen molar-refractivity contribution in [2.75, 3.05) is 0 Å². The number of allylic oxidation sites excluding steroid dienone is 1. The predicted octanol–water partition coefficient (Wildman–Crippen LogP) is 3.53. The smallest absolute Gasteiger partial charge is 0.292 e. The molecule has 0 spiro atoms. The molecule has 0 radical (unpaired) electrons. The van der Waals surface area contributed by atoms with E-state index in [0.29, 0.717) is 5.75 Å². The van der Waals surface area contributed by atoms with E-state index in [4.69, 9.17) is 10.00 Å². The van der Waals surface area contributed by atoms with Crippen LogP contribution in [0.5, 0.6) is 5.75 Å². The molecule has 78 valence electrons. The number of rotatable bonds is 4. The molecule has 0 aliphatic carbocycles. The van der Waals surface area contributed by atoms with E-state index in [9.17, 15) is 0 Å². The van der Waals surface area contributed by atoms with E-state index in [2.05, 4.69) is 13.0 Å². The summed E-state index contributed by atoms with van der Waals surface area (Å²) in [5, 5.41) is 8.49. The van der Waals surface area contributed by atoms with Crippen molar-refractivity contribution in [2.24, 2.45) is 0 Å². The fourth-order valence-electron chi connectivity index (χ4n) is 1.49. The molecule has 0 aliphatic rings. The number of aryl methyl sites for hydroxylation is 1. The van der Waals surface area contributed by atoms with Crippen molar-refractivity contribution in [3.8, 4) is 12.0 Å². The maximum atomic E-state index is 8.49. The Morgan fingerprint density at radius 2 is 2.27 bits per heavy atom. The second-order valence-electron chi connectivity index (χ2n) is 3.32. The van der Waals surface area contributed by atoms with Gasteiger partial charge in [0.2, 0.25) is 0 Å². The van der Waals surface area contributed by atoms with E-state index < -0.39 is 0 Å². The first-order valence-electron chi connectivity index (χ1n) is 5.13. The highest BCUT2D eigenvalue weighted by Gasteiger charge is 2.02. The van der Waals surface area contributed by atoms with Gasteiger partial charge in [0.05, 0.1) is 0 Å². The lowest BCUT2D eigenvalue weighted by atomic mass is 10.1. The number of ether oxygens (including phenoxy) is 1. The normalized spacial score (nSPS) is 10.2. The minimum absolute atomic E-state index is 0.621. The summed E-state index contributed by atoms with van der Waals surface area (Å²) < 4.78 is 4.88. The molecule has 2 heteroatoms. The van der Waals surface area contributed by atoms with Crippen LogP contribution in [-0.4, -0.2) is 0 Å². The largest absolute Gasteiger partial charge is 0.387 e. The molecule has 0 heterocycles. The van der Waals surface area contributed by atoms with E-state index in [0.717, 1.165) is 18.4 Å². The molecule has 1 rings (SSSR count). The number of benzene rings is 1. The third-order valence-electron chi connectivity index (χ3n) is 2.11. The van der Waals surface area contributed by atoms with Gasteiger partial charge in [-0.05, 0) is 31.0 Å². The first kappa shape index (κ1) is 11.3. The van der Waals surface area contributed by atoms with Crippen molar-refractivity contribution in [1.82, 2.24) is 0 Å². The van der Waals surface area contributed by atoms with Crippen LogP contribution in [0.4, 0.5) is 0 Å². The molecule has 0 N–H and O–H groups in total. The van der Waals surface area contributed by atoms with Gasteiger partial charge in [-0.15, -0.1) is 5.26 Å². The lowest BCUT2D eigenvalue weighted by Gasteiger charge is -2.05. The van der Waals surface area contributed by atoms with Crippen molar-refractivity contribution in [3.63, 3.8) is 0 Å². The Morgan fingerprint density at radius 1 is 1.47 bits per heavy atom. The summed E-state index contributed by atoms with van der Waals surface area (Å²) in [5.74, 6) is 0.621. The molecular formula is C13H15NO. The average Bonchev–Trinajstić information content (AvgIpc) is 2.23. The van der Waals surface area contributed by atoms with Crippen LogP contribution in [0.3, 0.4) is 0 Å². The topological polar surface area (TPSA) is 33.0 Å². The summed E-state index contributed by atoms with van der Waals surface area (Å²) >= 11 is 0. The van der Waals surface area contributed by atoms with Gasteiger partial charge >= 0.3 is 0 Å². The number of hydrogen-bond donors (Lipinski definition) is 0. The van der Waals surface area contributed by atoms with E-state index in [1.165, 1.54) is 5.56 Å². The van der Waals surface area contributed by atoms with Gasteiger partial charge in [0.15, 0.2) is 0 Å². The van der Waals surface area contributed by atoms with Crippen LogP contribution in [-0.2, 0) is 6.42 Å². The van der Waals surface area contributed by atoms with Gasteiger partial charge in [0.25, 0.3) is 6.26 Å². The van der Waals surface area contributed by atoms with E-state index in [-0.39, 0.29) is 0 Å². The summed E-state index contributed by atoms with van der Waals surface area (Å²) in [5.41, 5.74) is 2.24. The van der Waals surface area contributed by atoms with Gasteiger partial charge < -0.3 is 4.74 Å². The van der Waals surface area contributed by atoms with Crippen molar-refractivity contribution < 1.29 is 4.74 Å². The van der Waals surface area contributed by atoms with Crippen molar-refractivity contribution >= 4 is 6.08 Å². The lowest BCUT2D eigenvalue weighted by molar-refractivity contribution is 0.505. The molecule has 0 amide bonds. The van der Waals surface area contributed by atoms with E-state index >= 15 is 0 Å². The van der Waals surface area contributed by atoms with Gasteiger partial charge in [-0.2, -0.15) is 0 Å². The third kappa shape index (κ3) is 3.14. The molecule has 15 heavy (non-hydrogen) atoms. The molecule has 0 aliphatic heterocycles. The summed E-state index contributed by atoms with van der Waals surface area (Å²) in [7, 11) is 0. The molecular weight excluding hydrogens is 186 g/mol. The molecule has 0 atom stereocenters. The van der Waals surface area contributed by atoms with Crippen molar-refractivity contribution in [2.45, 2.75) is 26.7 Å². The maximum Gasteiger partial charge on any atom is 0.292 e. The standard InChI is InChI=1S/C13H15NO/c1-3-5-11-7-8-13(15-10-14)12(9-11)6-4-2/h4,6-9H,3,5H2,1-2H3. The number of hydrogen-bond acceptors (Lipinski definition) is 2. The summed E-state index contributed by atoms with van der Waals surface area (Å²) in [6, 6.07) is 5.92. The highest BCUT2D eigenvalue weighted by Crippen LogP contribution is 2.22. The molecule has 0 unspecified atom stereocenters. The Balaban J connectivity index is 3.04. The minimum atomic E-state index is 0.621. The Morgan fingerprint density at radius 3 is 2.87 bits per heavy atom. The first-order valence-corrected chi connectivity index (χ1v) is 5.13. The van der Waals surface area contributed by atoms with Crippen LogP contribution in [0, 0.1) is 11.5 Å². The second-order valence-corrected chi connectivity index (χ2v) is 3.32. The van der Waals surface area contributed by atoms with Gasteiger partial charge in [-0.1, -0.05) is 31.6 Å². The second kappa shape index (κ2) is 5.87. The predicted molar refractivity (Wildman–Crippen MR) is 61.4 cm³/mol. The monoisotopic (exact) mass is 201 g/mol. The average molecular weight is 201 g/mol. The van der Waals surface area contributed by atoms with Gasteiger partial charge in [0.1, 0.15) is 5.75 Å². The highest BCUT2D eigenvalue weighted by atomic mass is 16.5. The molecule has 2 nitrogen and oxygen atoms in total. The highest BCUT2D eigenvalue weighted by molar-refractivity contribution is 5.58. The summed E-state index contributed by atoms with van der Waals surface area (Å²) in [4.78, 5) is 0. The Labute approximate surface area is 90.8 Å². The minimum Gasteiger partial charge on any atom is -0.387 e. The fourth-order valence-corrected chi connectivity index (χ4v) is 1.49. The number of nitrogens with zero attached hydrogens (tertiary/aromatic N) is 1. The zero-order valence-corrected chi connectivity index (χ0v) is 9.16. The molecule has 1 aromatic carbocycles. The Bertz CT molecular complexity index is 388.